The smallest absolute Gasteiger partial charge is 0.0737 e. The highest BCUT2D eigenvalue weighted by Crippen LogP contribution is 2.42. The lowest BCUT2D eigenvalue weighted by atomic mass is 9.86. The van der Waals surface area contributed by atoms with E-state index in [1.807, 2.05) is 11.3 Å². The number of nitrogens with one attached hydrogen (secondary N) is 1. The molecule has 0 aliphatic carbocycles. The van der Waals surface area contributed by atoms with Crippen molar-refractivity contribution in [2.45, 2.75) is 105 Å². The maximum atomic E-state index is 5.58. The van der Waals surface area contributed by atoms with Crippen molar-refractivity contribution in [1.82, 2.24) is 15.0 Å². The Balaban J connectivity index is 1.42. The van der Waals surface area contributed by atoms with Gasteiger partial charge in [-0.25, -0.2) is 9.97 Å². The molecule has 64 heavy (non-hydrogen) atoms. The molecule has 0 atom stereocenters. The van der Waals surface area contributed by atoms with Crippen molar-refractivity contribution in [3.63, 3.8) is 0 Å². The van der Waals surface area contributed by atoms with E-state index in [-0.39, 0.29) is 21.7 Å². The summed E-state index contributed by atoms with van der Waals surface area (Å²) >= 11 is 1.81. The van der Waals surface area contributed by atoms with E-state index in [4.69, 9.17) is 9.97 Å². The first-order chi connectivity index (χ1) is 30.2. The van der Waals surface area contributed by atoms with E-state index in [1.165, 1.54) is 22.3 Å². The van der Waals surface area contributed by atoms with Crippen LogP contribution in [0.15, 0.2) is 121 Å². The highest BCUT2D eigenvalue weighted by Gasteiger charge is 2.22. The highest BCUT2D eigenvalue weighted by molar-refractivity contribution is 7.24. The molecule has 322 valence electrons. The second-order valence-electron chi connectivity index (χ2n) is 21.7. The first kappa shape index (κ1) is 43.2. The van der Waals surface area contributed by atoms with Crippen molar-refractivity contribution < 1.29 is 0 Å². The van der Waals surface area contributed by atoms with Crippen LogP contribution in [0.5, 0.6) is 0 Å². The summed E-state index contributed by atoms with van der Waals surface area (Å²) in [5.74, 6) is 0. The molecule has 8 bridgehead atoms. The molecular formula is C60H61N3S. The number of aromatic amines is 1. The van der Waals surface area contributed by atoms with Gasteiger partial charge in [-0.1, -0.05) is 180 Å². The van der Waals surface area contributed by atoms with Gasteiger partial charge in [0, 0.05) is 42.7 Å². The Labute approximate surface area is 384 Å². The van der Waals surface area contributed by atoms with E-state index in [2.05, 4.69) is 234 Å². The summed E-state index contributed by atoms with van der Waals surface area (Å²) in [6.07, 6.45) is 8.82. The van der Waals surface area contributed by atoms with Crippen molar-refractivity contribution in [3.05, 3.63) is 166 Å². The summed E-state index contributed by atoms with van der Waals surface area (Å²) in [6, 6.07) is 45.4. The SMILES string of the molecule is CC(C)(C)c1ccc(-c2c3nc(c(-c4ccc(C(C)(C)C)cc4)c4ccc(s4)c(-c4ccc(C(C)(C)C)cc4)c4nc(c(-c5ccc(C(C)(C)C)cc5)c5ccc2[nH]5)C=C4)C=C3)cc1. The number of hydrogen-bond donors (Lipinski definition) is 1. The van der Waals surface area contributed by atoms with Crippen LogP contribution in [0.4, 0.5) is 0 Å². The van der Waals surface area contributed by atoms with Crippen molar-refractivity contribution in [3.8, 4) is 44.5 Å². The van der Waals surface area contributed by atoms with Crippen LogP contribution in [0, 0.1) is 0 Å². The molecule has 0 saturated carbocycles. The van der Waals surface area contributed by atoms with Gasteiger partial charge in [-0.2, -0.15) is 0 Å². The van der Waals surface area contributed by atoms with Crippen LogP contribution in [-0.4, -0.2) is 15.0 Å². The molecule has 9 rings (SSSR count). The summed E-state index contributed by atoms with van der Waals surface area (Å²) in [5, 5.41) is 0. The molecule has 2 aliphatic heterocycles. The van der Waals surface area contributed by atoms with Gasteiger partial charge in [-0.15, -0.1) is 11.3 Å². The molecule has 0 unspecified atom stereocenters. The van der Waals surface area contributed by atoms with Crippen LogP contribution in [0.1, 0.15) is 128 Å². The number of aromatic nitrogens is 3. The largest absolute Gasteiger partial charge is 0.354 e. The van der Waals surface area contributed by atoms with Crippen LogP contribution < -0.4 is 0 Å². The Morgan fingerprint density at radius 2 is 0.562 bits per heavy atom. The van der Waals surface area contributed by atoms with Gasteiger partial charge >= 0.3 is 0 Å². The van der Waals surface area contributed by atoms with E-state index in [1.54, 1.807) is 0 Å². The van der Waals surface area contributed by atoms with E-state index in [0.717, 1.165) is 87.7 Å². The maximum absolute atomic E-state index is 5.58. The number of rotatable bonds is 4. The van der Waals surface area contributed by atoms with Gasteiger partial charge in [0.15, 0.2) is 0 Å². The van der Waals surface area contributed by atoms with Crippen LogP contribution in [0.2, 0.25) is 0 Å². The van der Waals surface area contributed by atoms with Gasteiger partial charge < -0.3 is 4.98 Å². The van der Waals surface area contributed by atoms with Crippen LogP contribution in [-0.2, 0) is 21.7 Å². The number of benzene rings is 4. The van der Waals surface area contributed by atoms with Crippen molar-refractivity contribution >= 4 is 56.1 Å². The normalized spacial score (nSPS) is 13.2. The molecule has 0 fully saturated rings. The Bertz CT molecular complexity index is 2700. The first-order valence-electron chi connectivity index (χ1n) is 22.7. The minimum absolute atomic E-state index is 0.0337. The zero-order valence-electron chi connectivity index (χ0n) is 39.7. The fourth-order valence-corrected chi connectivity index (χ4v) is 10.00. The number of thiophene rings is 1. The predicted octanol–water partition coefficient (Wildman–Crippen LogP) is 17.2. The molecule has 5 heterocycles. The Hall–Kier alpha value is -6.10. The number of hydrogen-bond acceptors (Lipinski definition) is 3. The first-order valence-corrected chi connectivity index (χ1v) is 23.5. The van der Waals surface area contributed by atoms with Crippen molar-refractivity contribution in [2.75, 3.05) is 0 Å². The minimum atomic E-state index is 0.0337. The molecule has 2 aliphatic rings. The molecule has 1 N–H and O–H groups in total. The fraction of sp³-hybridized carbons (Fsp3) is 0.267. The molecular weight excluding hydrogens is 795 g/mol. The molecule has 7 aromatic rings. The molecule has 4 aromatic carbocycles. The van der Waals surface area contributed by atoms with Crippen molar-refractivity contribution in [1.29, 1.82) is 0 Å². The Morgan fingerprint density at radius 3 is 0.828 bits per heavy atom. The predicted molar refractivity (Wildman–Crippen MR) is 279 cm³/mol. The van der Waals surface area contributed by atoms with Gasteiger partial charge in [0.1, 0.15) is 0 Å². The third kappa shape index (κ3) is 8.37. The molecule has 0 amide bonds. The third-order valence-corrected chi connectivity index (χ3v) is 13.9. The lowest BCUT2D eigenvalue weighted by Crippen LogP contribution is -2.10. The van der Waals surface area contributed by atoms with E-state index in [9.17, 15) is 0 Å². The number of nitrogens with zero attached hydrogens (tertiary/aromatic N) is 2. The molecule has 0 saturated heterocycles. The second-order valence-corrected chi connectivity index (χ2v) is 22.8. The minimum Gasteiger partial charge on any atom is -0.354 e. The molecule has 0 spiro atoms. The van der Waals surface area contributed by atoms with E-state index in [0.29, 0.717) is 0 Å². The Morgan fingerprint density at radius 1 is 0.312 bits per heavy atom. The monoisotopic (exact) mass is 855 g/mol. The lowest BCUT2D eigenvalue weighted by Gasteiger charge is -2.19. The zero-order valence-corrected chi connectivity index (χ0v) is 40.5. The van der Waals surface area contributed by atoms with Gasteiger partial charge in [-0.05, 0) is 115 Å². The van der Waals surface area contributed by atoms with E-state index < -0.39 is 0 Å². The average Bonchev–Trinajstić information content (AvgIpc) is 4.08. The topological polar surface area (TPSA) is 41.6 Å². The Kier molecular flexibility index (Phi) is 10.7. The maximum Gasteiger partial charge on any atom is 0.0737 e. The molecule has 3 aromatic heterocycles. The van der Waals surface area contributed by atoms with Gasteiger partial charge in [-0.3, -0.25) is 0 Å². The molecule has 0 radical (unpaired) electrons. The average molecular weight is 856 g/mol. The molecule has 3 nitrogen and oxygen atoms in total. The van der Waals surface area contributed by atoms with Crippen LogP contribution in [0.25, 0.3) is 89.2 Å². The summed E-state index contributed by atoms with van der Waals surface area (Å²) in [6.45, 7) is 27.2. The number of H-pyrrole nitrogens is 1. The fourth-order valence-electron chi connectivity index (χ4n) is 8.84. The zero-order chi connectivity index (χ0) is 45.3. The number of fused-ring (bicyclic) bond motifs is 8. The second kappa shape index (κ2) is 15.9. The van der Waals surface area contributed by atoms with Gasteiger partial charge in [0.05, 0.1) is 22.8 Å². The summed E-state index contributed by atoms with van der Waals surface area (Å²) in [5.41, 5.74) is 20.0. The summed E-state index contributed by atoms with van der Waals surface area (Å²) in [7, 11) is 0. The van der Waals surface area contributed by atoms with E-state index >= 15 is 0 Å². The molecule has 4 heteroatoms. The van der Waals surface area contributed by atoms with Crippen LogP contribution >= 0.6 is 11.3 Å². The standard InChI is InChI=1S/C60H61N3S/c1-57(2,3)41-21-13-37(14-22-41)53-45-29-30-46(61-45)54(38-15-23-42(24-16-38)58(4,5)6)48-32-34-50(63-48)56(40-19-27-44(28-20-40)60(10,11)12)52-36-35-51(64-52)55(49-33-31-47(53)62-49)39-17-25-43(26-18-39)59(7,8)9/h13-36,61H,1-12H3. The van der Waals surface area contributed by atoms with Gasteiger partial charge in [0.2, 0.25) is 0 Å². The summed E-state index contributed by atoms with van der Waals surface area (Å²) in [4.78, 5) is 15.1. The van der Waals surface area contributed by atoms with Crippen molar-refractivity contribution in [2.24, 2.45) is 0 Å². The lowest BCUT2D eigenvalue weighted by molar-refractivity contribution is 0.590. The highest BCUT2D eigenvalue weighted by atomic mass is 32.1. The van der Waals surface area contributed by atoms with Crippen LogP contribution in [0.3, 0.4) is 0 Å². The van der Waals surface area contributed by atoms with Gasteiger partial charge in [0.25, 0.3) is 0 Å². The quantitative estimate of drug-likeness (QED) is 0.192. The third-order valence-electron chi connectivity index (χ3n) is 12.8. The summed E-state index contributed by atoms with van der Waals surface area (Å²) < 4.78 is 2.32.